The number of aromatic amines is 2. The molecule has 5 heterocycles. The van der Waals surface area contributed by atoms with Crippen LogP contribution in [0.5, 0.6) is 0 Å². The van der Waals surface area contributed by atoms with E-state index in [4.69, 9.17) is 37.4 Å². The van der Waals surface area contributed by atoms with Crippen molar-refractivity contribution in [3.8, 4) is 0 Å². The van der Waals surface area contributed by atoms with Gasteiger partial charge in [-0.15, -0.1) is 0 Å². The Morgan fingerprint density at radius 3 is 1.47 bits per heavy atom. The minimum Gasteiger partial charge on any atom is -0.360 e. The summed E-state index contributed by atoms with van der Waals surface area (Å²) in [5, 5.41) is 0.101. The van der Waals surface area contributed by atoms with Gasteiger partial charge in [-0.05, 0) is 74.6 Å². The van der Waals surface area contributed by atoms with Crippen molar-refractivity contribution in [2.75, 3.05) is 0 Å². The van der Waals surface area contributed by atoms with Crippen LogP contribution >= 0.6 is 15.9 Å². The summed E-state index contributed by atoms with van der Waals surface area (Å²) >= 11 is 3.64. The van der Waals surface area contributed by atoms with E-state index in [9.17, 15) is 0 Å². The lowest BCUT2D eigenvalue weighted by molar-refractivity contribution is 1.24. The van der Waals surface area contributed by atoms with Crippen molar-refractivity contribution in [3.05, 3.63) is 224 Å². The van der Waals surface area contributed by atoms with Crippen LogP contribution in [0.15, 0.2) is 189 Å². The Bertz CT molecular complexity index is 3630. The highest BCUT2D eigenvalue weighted by molar-refractivity contribution is 9.10. The summed E-state index contributed by atoms with van der Waals surface area (Å²) < 4.78 is 175. The Hall–Kier alpha value is -6.04. The zero-order valence-corrected chi connectivity index (χ0v) is 26.4. The second kappa shape index (κ2) is 12.2. The van der Waals surface area contributed by atoms with Gasteiger partial charge < -0.3 is 9.97 Å². The molecule has 0 amide bonds. The summed E-state index contributed by atoms with van der Waals surface area (Å²) in [6.07, 6.45) is 7.04. The first-order valence-electron chi connectivity index (χ1n) is 24.6. The first-order valence-corrected chi connectivity index (χ1v) is 15.4. The molecule has 4 nitrogen and oxygen atoms in total. The number of nitrogens with zero attached hydrogens (tertiary/aromatic N) is 2. The smallest absolute Gasteiger partial charge is 0.0738 e. The van der Waals surface area contributed by atoms with Gasteiger partial charge in [-0.2, -0.15) is 0 Å². The van der Waals surface area contributed by atoms with E-state index in [1.165, 1.54) is 42.6 Å². The number of hydrogen-bond donors (Lipinski definition) is 2. The number of halogens is 1. The fraction of sp³-hybridized carbons (Fsp3) is 0. The third-order valence-corrected chi connectivity index (χ3v) is 8.69. The monoisotopic (exact) mass is 712 g/mol. The maximum absolute atomic E-state index is 9.10. The molecular formula is C44H29BrN4. The molecule has 3 aliphatic heterocycles. The molecule has 0 radical (unpaired) electrons. The Kier molecular flexibility index (Phi) is 3.74. The molecule has 9 rings (SSSR count). The number of H-pyrrole nitrogens is 2. The average molecular weight is 714 g/mol. The number of rotatable bonds is 4. The number of aromatic nitrogens is 2. The highest BCUT2D eigenvalue weighted by Crippen LogP contribution is 2.40. The van der Waals surface area contributed by atoms with Crippen LogP contribution in [0.2, 0.25) is 0 Å². The van der Waals surface area contributed by atoms with E-state index in [1.54, 1.807) is 0 Å². The van der Waals surface area contributed by atoms with E-state index in [0.29, 0.717) is 0 Å². The molecule has 2 N–H and O–H groups in total. The summed E-state index contributed by atoms with van der Waals surface area (Å²) in [5.41, 5.74) is -1.85. The molecule has 6 aromatic rings. The van der Waals surface area contributed by atoms with Gasteiger partial charge in [-0.1, -0.05) is 121 Å². The van der Waals surface area contributed by atoms with Gasteiger partial charge in [0.1, 0.15) is 0 Å². The van der Waals surface area contributed by atoms with E-state index in [2.05, 4.69) is 25.9 Å². The Morgan fingerprint density at radius 2 is 0.918 bits per heavy atom. The van der Waals surface area contributed by atoms with Crippen molar-refractivity contribution in [1.29, 1.82) is 0 Å². The summed E-state index contributed by atoms with van der Waals surface area (Å²) in [5.74, 6) is 0. The Morgan fingerprint density at radius 1 is 0.490 bits per heavy atom. The Labute approximate surface area is 320 Å². The minimum absolute atomic E-state index is 0.0152. The van der Waals surface area contributed by atoms with E-state index in [0.717, 1.165) is 0 Å². The van der Waals surface area contributed by atoms with Gasteiger partial charge >= 0.3 is 0 Å². The van der Waals surface area contributed by atoms with Crippen LogP contribution in [0, 0.1) is 0 Å². The molecule has 0 unspecified atom stereocenters. The molecule has 3 aliphatic rings. The maximum atomic E-state index is 9.10. The fourth-order valence-corrected chi connectivity index (χ4v) is 6.45. The minimum atomic E-state index is -0.699. The molecule has 2 aromatic heterocycles. The van der Waals surface area contributed by atoms with Gasteiger partial charge in [0, 0.05) is 44.8 Å². The molecular weight excluding hydrogens is 664 g/mol. The van der Waals surface area contributed by atoms with Crippen LogP contribution in [0.25, 0.3) is 22.3 Å². The normalized spacial score (nSPS) is 21.0. The number of benzene rings is 4. The highest BCUT2D eigenvalue weighted by Gasteiger charge is 2.25. The summed E-state index contributed by atoms with van der Waals surface area (Å²) in [6.45, 7) is 0. The van der Waals surface area contributed by atoms with E-state index in [-0.39, 0.29) is 93.8 Å². The molecule has 0 saturated carbocycles. The fourth-order valence-electron chi connectivity index (χ4n) is 5.82. The van der Waals surface area contributed by atoms with Crippen LogP contribution in [-0.2, 0) is 0 Å². The second-order valence-corrected chi connectivity index (χ2v) is 11.4. The third kappa shape index (κ3) is 5.16. The third-order valence-electron chi connectivity index (χ3n) is 7.87. The molecule has 0 atom stereocenters. The summed E-state index contributed by atoms with van der Waals surface area (Å²) in [7, 11) is 0. The number of hydrogen-bond acceptors (Lipinski definition) is 2. The number of fused-ring (bicyclic) bond motifs is 6. The van der Waals surface area contributed by atoms with Crippen molar-refractivity contribution in [3.63, 3.8) is 0 Å². The van der Waals surface area contributed by atoms with Gasteiger partial charge in [0.15, 0.2) is 0 Å². The van der Waals surface area contributed by atoms with Crippen LogP contribution in [0.4, 0.5) is 0 Å². The molecule has 5 heteroatoms. The highest BCUT2D eigenvalue weighted by atomic mass is 79.9. The van der Waals surface area contributed by atoms with Gasteiger partial charge in [-0.3, -0.25) is 0 Å². The quantitative estimate of drug-likeness (QED) is 0.184. The van der Waals surface area contributed by atoms with E-state index in [1.807, 2.05) is 0 Å². The van der Waals surface area contributed by atoms with Gasteiger partial charge in [0.25, 0.3) is 0 Å². The molecule has 49 heavy (non-hydrogen) atoms. The van der Waals surface area contributed by atoms with Crippen molar-refractivity contribution in [2.45, 2.75) is 0 Å². The van der Waals surface area contributed by atoms with Crippen LogP contribution in [-0.4, -0.2) is 21.4 Å². The van der Waals surface area contributed by atoms with Gasteiger partial charge in [0.05, 0.1) is 60.4 Å². The lowest BCUT2D eigenvalue weighted by Gasteiger charge is -2.12. The molecule has 4 aromatic carbocycles. The Balaban J connectivity index is 1.56. The second-order valence-electron chi connectivity index (χ2n) is 10.6. The van der Waals surface area contributed by atoms with Crippen molar-refractivity contribution >= 4 is 49.6 Å². The summed E-state index contributed by atoms with van der Waals surface area (Å²) in [4.78, 5) is 16.0. The van der Waals surface area contributed by atoms with Crippen LogP contribution < -0.4 is 10.7 Å². The van der Waals surface area contributed by atoms with E-state index >= 15 is 0 Å². The van der Waals surface area contributed by atoms with Crippen molar-refractivity contribution in [2.24, 2.45) is 9.98 Å². The zero-order valence-electron chi connectivity index (χ0n) is 44.8. The average Bonchev–Trinajstić information content (AvgIpc) is 4.18. The SMILES string of the molecule is [2H]c1c([2H])c([2H])c(C2=C3C=CC(=N3)C(c3c([2H])c([2H])c([2H])c([2H])c3[2H])=c3ccc([nH]3)=C(c3c([2H])c([2H])c([2H])c([2H])c3[2H])c3c[nH]c(c3Br)C(c3c([2H])c([2H])c([2H])c([2H])c3[2H])=C3C=CC2=N3)c([2H])c1[2H]. The largest absolute Gasteiger partial charge is 0.360 e. The van der Waals surface area contributed by atoms with E-state index < -0.39 is 121 Å². The molecule has 232 valence electrons. The number of nitrogens with one attached hydrogen (secondary N) is 2. The van der Waals surface area contributed by atoms with Crippen LogP contribution in [0.1, 0.15) is 60.9 Å². The lowest BCUT2D eigenvalue weighted by Crippen LogP contribution is -2.19. The van der Waals surface area contributed by atoms with Crippen molar-refractivity contribution in [1.82, 2.24) is 9.97 Å². The topological polar surface area (TPSA) is 56.3 Å². The first-order chi connectivity index (χ1) is 32.5. The number of aliphatic imine (C=N–C) groups is 2. The molecule has 0 fully saturated rings. The lowest BCUT2D eigenvalue weighted by atomic mass is 9.97. The molecule has 0 aliphatic carbocycles. The van der Waals surface area contributed by atoms with Gasteiger partial charge in [0.2, 0.25) is 0 Å². The van der Waals surface area contributed by atoms with Gasteiger partial charge in [-0.25, -0.2) is 9.98 Å². The predicted molar refractivity (Wildman–Crippen MR) is 205 cm³/mol. The molecule has 0 spiro atoms. The molecule has 8 bridgehead atoms. The van der Waals surface area contributed by atoms with Crippen molar-refractivity contribution < 1.29 is 27.4 Å². The summed E-state index contributed by atoms with van der Waals surface area (Å²) in [6, 6.07) is -10.5. The zero-order chi connectivity index (χ0) is 50.1. The standard InChI is InChI=1S/C44H29BrN4/c45-43-32-27-46-44(43)42(31-19-11-4-12-20-31)38-26-25-37(49-38)41(30-17-9-3-10-18-30)36-24-23-35(48-36)40(29-15-7-2-8-16-29)34-22-21-33(47-34)39(32)28-13-5-1-6-14-28/h1-27,46-47H/i1D,2D,3D,4D,5D,6D,7D,8D,9D,10D,11D,12D,13D,14D,15D,16D,17D,18D,19D,20D. The predicted octanol–water partition coefficient (Wildman–Crippen LogP) is 8.76. The van der Waals surface area contributed by atoms with Crippen LogP contribution in [0.3, 0.4) is 0 Å². The number of allylic oxidation sites excluding steroid dienone is 5. The maximum Gasteiger partial charge on any atom is 0.0738 e. The first kappa shape index (κ1) is 15.0. The molecule has 0 saturated heterocycles.